The maximum absolute atomic E-state index is 11.3. The van der Waals surface area contributed by atoms with Crippen molar-refractivity contribution in [2.75, 3.05) is 32.8 Å². The lowest BCUT2D eigenvalue weighted by Gasteiger charge is -2.18. The smallest absolute Gasteiger partial charge is 0.320 e. The van der Waals surface area contributed by atoms with Crippen LogP contribution in [0.3, 0.4) is 0 Å². The van der Waals surface area contributed by atoms with Crippen molar-refractivity contribution in [3.8, 4) is 0 Å². The molecule has 90 valence electrons. The zero-order valence-corrected chi connectivity index (χ0v) is 9.87. The summed E-state index contributed by atoms with van der Waals surface area (Å²) in [6.45, 7) is 6.64. The second-order valence-corrected chi connectivity index (χ2v) is 3.52. The second kappa shape index (κ2) is 9.93. The summed E-state index contributed by atoms with van der Waals surface area (Å²) in [5.41, 5.74) is 0. The number of nitrogens with zero attached hydrogens (tertiary/aromatic N) is 1. The van der Waals surface area contributed by atoms with E-state index in [1.165, 1.54) is 0 Å². The van der Waals surface area contributed by atoms with Gasteiger partial charge >= 0.3 is 5.97 Å². The van der Waals surface area contributed by atoms with Crippen LogP contribution in [0, 0.1) is 0 Å². The van der Waals surface area contributed by atoms with Crippen LogP contribution in [0.15, 0.2) is 0 Å². The highest BCUT2D eigenvalue weighted by Crippen LogP contribution is 1.94. The molecule has 0 aliphatic heterocycles. The van der Waals surface area contributed by atoms with Crippen LogP contribution in [-0.4, -0.2) is 48.8 Å². The van der Waals surface area contributed by atoms with Crippen molar-refractivity contribution in [2.24, 2.45) is 0 Å². The molecule has 0 fully saturated rings. The number of aliphatic hydroxyl groups is 1. The molecule has 0 rings (SSSR count). The summed E-state index contributed by atoms with van der Waals surface area (Å²) >= 11 is 0. The highest BCUT2D eigenvalue weighted by atomic mass is 16.5. The molecule has 1 N–H and O–H groups in total. The first-order valence-electron chi connectivity index (χ1n) is 5.73. The quantitative estimate of drug-likeness (QED) is 0.463. The molecule has 0 saturated heterocycles. The van der Waals surface area contributed by atoms with Crippen LogP contribution in [0.2, 0.25) is 0 Å². The highest BCUT2D eigenvalue weighted by molar-refractivity contribution is 5.71. The van der Waals surface area contributed by atoms with Gasteiger partial charge in [0.1, 0.15) is 0 Å². The van der Waals surface area contributed by atoms with Gasteiger partial charge in [0.25, 0.3) is 0 Å². The van der Waals surface area contributed by atoms with Gasteiger partial charge in [-0.3, -0.25) is 9.69 Å². The van der Waals surface area contributed by atoms with E-state index in [2.05, 4.69) is 6.92 Å². The predicted octanol–water partition coefficient (Wildman–Crippen LogP) is 1.03. The number of rotatable bonds is 9. The Bertz CT molecular complexity index is 162. The number of ether oxygens (including phenoxy) is 1. The van der Waals surface area contributed by atoms with Crippen LogP contribution in [0.5, 0.6) is 0 Å². The lowest BCUT2D eigenvalue weighted by Crippen LogP contribution is -2.32. The molecular weight excluding hydrogens is 194 g/mol. The second-order valence-electron chi connectivity index (χ2n) is 3.52. The summed E-state index contributed by atoms with van der Waals surface area (Å²) in [5.74, 6) is -0.164. The van der Waals surface area contributed by atoms with Crippen LogP contribution in [-0.2, 0) is 9.53 Å². The van der Waals surface area contributed by atoms with Gasteiger partial charge in [0.15, 0.2) is 0 Å². The van der Waals surface area contributed by atoms with Crippen molar-refractivity contribution in [1.82, 2.24) is 4.90 Å². The van der Waals surface area contributed by atoms with Crippen LogP contribution < -0.4 is 0 Å². The van der Waals surface area contributed by atoms with Crippen molar-refractivity contribution in [3.05, 3.63) is 0 Å². The maximum Gasteiger partial charge on any atom is 0.320 e. The summed E-state index contributed by atoms with van der Waals surface area (Å²) in [4.78, 5) is 13.3. The maximum atomic E-state index is 11.3. The molecule has 0 radical (unpaired) electrons. The first-order valence-corrected chi connectivity index (χ1v) is 5.73. The summed E-state index contributed by atoms with van der Waals surface area (Å²) in [6.07, 6.45) is 2.67. The van der Waals surface area contributed by atoms with Gasteiger partial charge < -0.3 is 9.84 Å². The molecule has 0 saturated carbocycles. The molecule has 0 aromatic rings. The fourth-order valence-electron chi connectivity index (χ4n) is 1.20. The molecule has 0 aromatic heterocycles. The van der Waals surface area contributed by atoms with Crippen LogP contribution in [0.4, 0.5) is 0 Å². The molecule has 0 unspecified atom stereocenters. The Hall–Kier alpha value is -0.610. The largest absolute Gasteiger partial charge is 0.465 e. The molecule has 0 bridgehead atoms. The fraction of sp³-hybridized carbons (Fsp3) is 0.909. The van der Waals surface area contributed by atoms with Crippen LogP contribution >= 0.6 is 0 Å². The van der Waals surface area contributed by atoms with Gasteiger partial charge in [-0.2, -0.15) is 0 Å². The lowest BCUT2D eigenvalue weighted by molar-refractivity contribution is -0.145. The number of carbonyl (C=O) groups excluding carboxylic acids is 1. The third-order valence-electron chi connectivity index (χ3n) is 2.19. The van der Waals surface area contributed by atoms with Gasteiger partial charge in [-0.1, -0.05) is 20.3 Å². The minimum Gasteiger partial charge on any atom is -0.465 e. The van der Waals surface area contributed by atoms with Gasteiger partial charge in [0.05, 0.1) is 13.2 Å². The van der Waals surface area contributed by atoms with Crippen molar-refractivity contribution in [1.29, 1.82) is 0 Å². The van der Waals surface area contributed by atoms with Gasteiger partial charge in [-0.25, -0.2) is 0 Å². The third-order valence-corrected chi connectivity index (χ3v) is 2.19. The molecule has 15 heavy (non-hydrogen) atoms. The first-order chi connectivity index (χ1) is 7.24. The molecule has 0 spiro atoms. The van der Waals surface area contributed by atoms with E-state index in [0.29, 0.717) is 19.6 Å². The van der Waals surface area contributed by atoms with Gasteiger partial charge in [-0.15, -0.1) is 0 Å². The molecular formula is C11H23NO3. The zero-order chi connectivity index (χ0) is 11.5. The molecule has 0 amide bonds. The van der Waals surface area contributed by atoms with E-state index in [-0.39, 0.29) is 12.6 Å². The van der Waals surface area contributed by atoms with Crippen molar-refractivity contribution < 1.29 is 14.6 Å². The highest BCUT2D eigenvalue weighted by Gasteiger charge is 2.09. The SMILES string of the molecule is CCCCOC(=O)CN(CC)CCCO. The summed E-state index contributed by atoms with van der Waals surface area (Å²) in [7, 11) is 0. The number of likely N-dealkylation sites (N-methyl/N-ethyl adjacent to an activating group) is 1. The fourth-order valence-corrected chi connectivity index (χ4v) is 1.20. The number of hydrogen-bond donors (Lipinski definition) is 1. The number of unbranched alkanes of at least 4 members (excludes halogenated alkanes) is 1. The molecule has 0 heterocycles. The number of esters is 1. The summed E-state index contributed by atoms with van der Waals surface area (Å²) < 4.78 is 5.05. The average molecular weight is 217 g/mol. The molecule has 0 aliphatic rings. The summed E-state index contributed by atoms with van der Waals surface area (Å²) in [5, 5.41) is 8.68. The van der Waals surface area contributed by atoms with Crippen LogP contribution in [0.1, 0.15) is 33.1 Å². The Morgan fingerprint density at radius 3 is 2.60 bits per heavy atom. The standard InChI is InChI=1S/C11H23NO3/c1-3-5-9-15-11(14)10-12(4-2)7-6-8-13/h13H,3-10H2,1-2H3. The third kappa shape index (κ3) is 8.39. The van der Waals surface area contributed by atoms with E-state index < -0.39 is 0 Å². The molecule has 0 aromatic carbocycles. The van der Waals surface area contributed by atoms with Gasteiger partial charge in [-0.05, 0) is 19.4 Å². The Balaban J connectivity index is 3.60. The van der Waals surface area contributed by atoms with Crippen molar-refractivity contribution in [3.63, 3.8) is 0 Å². The zero-order valence-electron chi connectivity index (χ0n) is 9.87. The normalized spacial score (nSPS) is 10.7. The van der Waals surface area contributed by atoms with Crippen molar-refractivity contribution in [2.45, 2.75) is 33.1 Å². The first kappa shape index (κ1) is 14.4. The number of hydrogen-bond acceptors (Lipinski definition) is 4. The van der Waals surface area contributed by atoms with Crippen LogP contribution in [0.25, 0.3) is 0 Å². The van der Waals surface area contributed by atoms with E-state index in [0.717, 1.165) is 25.9 Å². The number of carbonyl (C=O) groups is 1. The average Bonchev–Trinajstić information content (AvgIpc) is 2.24. The van der Waals surface area contributed by atoms with Gasteiger partial charge in [0, 0.05) is 13.2 Å². The molecule has 4 nitrogen and oxygen atoms in total. The van der Waals surface area contributed by atoms with E-state index >= 15 is 0 Å². The van der Waals surface area contributed by atoms with Gasteiger partial charge in [0.2, 0.25) is 0 Å². The minimum atomic E-state index is -0.164. The Labute approximate surface area is 92.2 Å². The minimum absolute atomic E-state index is 0.164. The topological polar surface area (TPSA) is 49.8 Å². The Morgan fingerprint density at radius 1 is 1.33 bits per heavy atom. The summed E-state index contributed by atoms with van der Waals surface area (Å²) in [6, 6.07) is 0. The molecule has 4 heteroatoms. The van der Waals surface area contributed by atoms with Crippen molar-refractivity contribution >= 4 is 5.97 Å². The monoisotopic (exact) mass is 217 g/mol. The van der Waals surface area contributed by atoms with E-state index in [1.807, 2.05) is 11.8 Å². The number of aliphatic hydroxyl groups excluding tert-OH is 1. The lowest BCUT2D eigenvalue weighted by atomic mass is 10.3. The Kier molecular flexibility index (Phi) is 9.52. The van der Waals surface area contributed by atoms with E-state index in [1.54, 1.807) is 0 Å². The molecule has 0 aliphatic carbocycles. The Morgan fingerprint density at radius 2 is 2.07 bits per heavy atom. The van der Waals surface area contributed by atoms with E-state index in [4.69, 9.17) is 9.84 Å². The predicted molar refractivity (Wildman–Crippen MR) is 59.7 cm³/mol. The molecule has 0 atom stereocenters. The van der Waals surface area contributed by atoms with E-state index in [9.17, 15) is 4.79 Å².